The Bertz CT molecular complexity index is 810. The van der Waals surface area contributed by atoms with Gasteiger partial charge in [-0.2, -0.15) is 13.2 Å². The molecule has 2 aromatic carbocycles. The first-order valence-corrected chi connectivity index (χ1v) is 7.69. The molecule has 0 aliphatic heterocycles. The Morgan fingerprint density at radius 2 is 1.59 bits per heavy atom. The van der Waals surface area contributed by atoms with Crippen molar-refractivity contribution >= 4 is 23.4 Å². The molecule has 0 heterocycles. The first-order chi connectivity index (χ1) is 12.6. The molecule has 2 rings (SSSR count). The molecule has 0 spiro atoms. The summed E-state index contributed by atoms with van der Waals surface area (Å²) in [6.07, 6.45) is -5.28. The van der Waals surface area contributed by atoms with Crippen molar-refractivity contribution in [2.75, 3.05) is 24.4 Å². The zero-order chi connectivity index (χ0) is 20.2. The van der Waals surface area contributed by atoms with Gasteiger partial charge in [-0.3, -0.25) is 4.90 Å². The second-order valence-corrected chi connectivity index (χ2v) is 5.60. The summed E-state index contributed by atoms with van der Waals surface area (Å²) >= 11 is 0. The maximum Gasteiger partial charge on any atom is 0.432 e. The smallest absolute Gasteiger partial charge is 0.432 e. The number of nitrogens with one attached hydrogen (secondary N) is 1. The van der Waals surface area contributed by atoms with Crippen LogP contribution in [0.1, 0.15) is 5.56 Å². The van der Waals surface area contributed by atoms with Gasteiger partial charge in [-0.15, -0.1) is 0 Å². The van der Waals surface area contributed by atoms with E-state index in [-0.39, 0.29) is 5.69 Å². The number of benzene rings is 2. The molecule has 2 amide bonds. The highest BCUT2D eigenvalue weighted by molar-refractivity contribution is 6.01. The van der Waals surface area contributed by atoms with Crippen molar-refractivity contribution in [3.63, 3.8) is 0 Å². The van der Waals surface area contributed by atoms with Crippen LogP contribution in [0, 0.1) is 0 Å². The van der Waals surface area contributed by atoms with Gasteiger partial charge in [-0.1, -0.05) is 30.3 Å². The van der Waals surface area contributed by atoms with Gasteiger partial charge in [-0.05, 0) is 24.3 Å². The van der Waals surface area contributed by atoms with Gasteiger partial charge < -0.3 is 15.2 Å². The third-order valence-corrected chi connectivity index (χ3v) is 3.89. The number of urea groups is 1. The molecule has 9 heteroatoms. The number of nitrogens with zero attached hydrogens (tertiary/aromatic N) is 1. The van der Waals surface area contributed by atoms with E-state index in [0.29, 0.717) is 5.69 Å². The molecule has 6 nitrogen and oxygen atoms in total. The van der Waals surface area contributed by atoms with Crippen molar-refractivity contribution < 1.29 is 32.6 Å². The third-order valence-electron chi connectivity index (χ3n) is 3.89. The van der Waals surface area contributed by atoms with E-state index in [1.165, 1.54) is 24.1 Å². The summed E-state index contributed by atoms with van der Waals surface area (Å²) < 4.78 is 43.8. The normalized spacial score (nSPS) is 13.4. The van der Waals surface area contributed by atoms with E-state index in [1.807, 2.05) is 0 Å². The molecular formula is C18H17F3N2O4. The molecule has 144 valence electrons. The molecule has 27 heavy (non-hydrogen) atoms. The van der Waals surface area contributed by atoms with Crippen molar-refractivity contribution in [1.82, 2.24) is 0 Å². The molecule has 1 atom stereocenters. The number of alkyl halides is 3. The summed E-state index contributed by atoms with van der Waals surface area (Å²) in [5.74, 6) is -1.85. The van der Waals surface area contributed by atoms with Crippen molar-refractivity contribution in [1.29, 1.82) is 0 Å². The van der Waals surface area contributed by atoms with Crippen LogP contribution in [-0.2, 0) is 15.1 Å². The molecule has 0 saturated heterocycles. The molecule has 0 saturated carbocycles. The zero-order valence-corrected chi connectivity index (χ0v) is 14.4. The lowest BCUT2D eigenvalue weighted by Gasteiger charge is -2.28. The van der Waals surface area contributed by atoms with Crippen LogP contribution in [0.25, 0.3) is 0 Å². The number of esters is 1. The average molecular weight is 382 g/mol. The highest BCUT2D eigenvalue weighted by atomic mass is 19.4. The molecule has 0 aliphatic carbocycles. The van der Waals surface area contributed by atoms with Gasteiger partial charge in [0.25, 0.3) is 5.60 Å². The maximum absolute atomic E-state index is 13.2. The van der Waals surface area contributed by atoms with E-state index in [1.54, 1.807) is 30.3 Å². The highest BCUT2D eigenvalue weighted by Gasteiger charge is 2.62. The lowest BCUT2D eigenvalue weighted by molar-refractivity contribution is -0.266. The van der Waals surface area contributed by atoms with Gasteiger partial charge in [-0.25, -0.2) is 9.59 Å². The van der Waals surface area contributed by atoms with Crippen molar-refractivity contribution in [3.8, 4) is 0 Å². The number of aliphatic hydroxyl groups is 1. The molecule has 2 aromatic rings. The molecule has 0 aromatic heterocycles. The SMILES string of the molecule is COC(=O)[C@](O)(c1ccc(N(C)C(=O)Nc2ccccc2)cc1)C(F)(F)F. The van der Waals surface area contributed by atoms with Gasteiger partial charge in [0.2, 0.25) is 0 Å². The summed E-state index contributed by atoms with van der Waals surface area (Å²) in [4.78, 5) is 24.9. The highest BCUT2D eigenvalue weighted by Crippen LogP contribution is 2.40. The molecule has 0 bridgehead atoms. The molecule has 0 unspecified atom stereocenters. The first-order valence-electron chi connectivity index (χ1n) is 7.69. The predicted octanol–water partition coefficient (Wildman–Crippen LogP) is 3.28. The summed E-state index contributed by atoms with van der Waals surface area (Å²) in [6.45, 7) is 0. The molecule has 2 N–H and O–H groups in total. The Labute approximate surface area is 153 Å². The topological polar surface area (TPSA) is 78.9 Å². The van der Waals surface area contributed by atoms with Gasteiger partial charge >= 0.3 is 18.2 Å². The fourth-order valence-corrected chi connectivity index (χ4v) is 2.32. The van der Waals surface area contributed by atoms with Crippen molar-refractivity contribution in [2.45, 2.75) is 11.8 Å². The van der Waals surface area contributed by atoms with Gasteiger partial charge in [0.1, 0.15) is 0 Å². The number of rotatable bonds is 4. The van der Waals surface area contributed by atoms with Crippen LogP contribution in [0.15, 0.2) is 54.6 Å². The second kappa shape index (κ2) is 7.67. The minimum absolute atomic E-state index is 0.251. The second-order valence-electron chi connectivity index (χ2n) is 5.60. The fourth-order valence-electron chi connectivity index (χ4n) is 2.32. The number of ether oxygens (including phenoxy) is 1. The molecular weight excluding hydrogens is 365 g/mol. The van der Waals surface area contributed by atoms with Crippen LogP contribution < -0.4 is 10.2 Å². The number of hydrogen-bond acceptors (Lipinski definition) is 4. The monoisotopic (exact) mass is 382 g/mol. The van der Waals surface area contributed by atoms with Crippen LogP contribution >= 0.6 is 0 Å². The number of amides is 2. The zero-order valence-electron chi connectivity index (χ0n) is 14.4. The van der Waals surface area contributed by atoms with Crippen molar-refractivity contribution in [3.05, 3.63) is 60.2 Å². The van der Waals surface area contributed by atoms with Crippen molar-refractivity contribution in [2.24, 2.45) is 0 Å². The number of para-hydroxylation sites is 1. The number of carbonyl (C=O) groups is 2. The van der Waals surface area contributed by atoms with Crippen LogP contribution in [0.5, 0.6) is 0 Å². The van der Waals surface area contributed by atoms with Gasteiger partial charge in [0.05, 0.1) is 7.11 Å². The lowest BCUT2D eigenvalue weighted by Crippen LogP contribution is -2.49. The molecule has 0 aliphatic rings. The standard InChI is InChI=1S/C18H17F3N2O4/c1-23(16(25)22-13-6-4-3-5-7-13)14-10-8-12(9-11-14)17(26,15(24)27-2)18(19,20)21/h3-11,26H,1-2H3,(H,22,25)/t17-/m1/s1. The number of carbonyl (C=O) groups excluding carboxylic acids is 2. The summed E-state index contributed by atoms with van der Waals surface area (Å²) in [6, 6.07) is 12.2. The van der Waals surface area contributed by atoms with E-state index in [0.717, 1.165) is 19.2 Å². The maximum atomic E-state index is 13.2. The summed E-state index contributed by atoms with van der Waals surface area (Å²) in [5, 5.41) is 12.5. The third kappa shape index (κ3) is 4.03. The van der Waals surface area contributed by atoms with E-state index in [4.69, 9.17) is 0 Å². The van der Waals surface area contributed by atoms with E-state index >= 15 is 0 Å². The fraction of sp³-hybridized carbons (Fsp3) is 0.222. The number of halogens is 3. The minimum atomic E-state index is -5.28. The number of hydrogen-bond donors (Lipinski definition) is 2. The average Bonchev–Trinajstić information content (AvgIpc) is 2.66. The molecule has 0 fully saturated rings. The first kappa shape index (κ1) is 20.2. The summed E-state index contributed by atoms with van der Waals surface area (Å²) in [7, 11) is 2.17. The Morgan fingerprint density at radius 3 is 2.07 bits per heavy atom. The quantitative estimate of drug-likeness (QED) is 0.796. The van der Waals surface area contributed by atoms with Crippen LogP contribution in [0.3, 0.4) is 0 Å². The Kier molecular flexibility index (Phi) is 5.75. The van der Waals surface area contributed by atoms with E-state index < -0.39 is 29.3 Å². The van der Waals surface area contributed by atoms with E-state index in [2.05, 4.69) is 10.1 Å². The minimum Gasteiger partial charge on any atom is -0.466 e. The van der Waals surface area contributed by atoms with E-state index in [9.17, 15) is 27.9 Å². The van der Waals surface area contributed by atoms with Gasteiger partial charge in [0.15, 0.2) is 0 Å². The Balaban J connectivity index is 2.25. The Morgan fingerprint density at radius 1 is 1.04 bits per heavy atom. The Hall–Kier alpha value is -3.07. The van der Waals surface area contributed by atoms with Crippen LogP contribution in [0.2, 0.25) is 0 Å². The predicted molar refractivity (Wildman–Crippen MR) is 92.3 cm³/mol. The lowest BCUT2D eigenvalue weighted by atomic mass is 9.93. The molecule has 0 radical (unpaired) electrons. The van der Waals surface area contributed by atoms with Crippen LogP contribution in [0.4, 0.5) is 29.3 Å². The van der Waals surface area contributed by atoms with Gasteiger partial charge in [0, 0.05) is 24.0 Å². The number of methoxy groups -OCH3 is 1. The summed E-state index contributed by atoms with van der Waals surface area (Å²) in [5.41, 5.74) is -3.72. The van der Waals surface area contributed by atoms with Crippen LogP contribution in [-0.4, -0.2) is 37.4 Å². The number of anilines is 2. The largest absolute Gasteiger partial charge is 0.466 e.